The number of aromatic nitrogens is 1. The number of nitrogens with one attached hydrogen (secondary N) is 2. The summed E-state index contributed by atoms with van der Waals surface area (Å²) in [6, 6.07) is 17.3. The molecule has 0 radical (unpaired) electrons. The number of ether oxygens (including phenoxy) is 2. The van der Waals surface area contributed by atoms with Gasteiger partial charge in [-0.3, -0.25) is 4.79 Å². The average molecular weight is 409 g/mol. The normalized spacial score (nSPS) is 9.97. The minimum Gasteiger partial charge on any atom is -0.495 e. The van der Waals surface area contributed by atoms with Crippen molar-refractivity contribution in [1.82, 2.24) is 4.98 Å². The summed E-state index contributed by atoms with van der Waals surface area (Å²) in [6.45, 7) is -0.0244. The number of methoxy groups -OCH3 is 1. The van der Waals surface area contributed by atoms with Crippen LogP contribution in [-0.4, -0.2) is 24.5 Å². The molecule has 7 nitrogen and oxygen atoms in total. The van der Waals surface area contributed by atoms with Crippen LogP contribution in [0.5, 0.6) is 17.4 Å². The van der Waals surface area contributed by atoms with Crippen LogP contribution in [0.2, 0.25) is 5.02 Å². The lowest BCUT2D eigenvalue weighted by atomic mass is 10.2. The van der Waals surface area contributed by atoms with E-state index in [4.69, 9.17) is 21.1 Å². The highest BCUT2D eigenvalue weighted by Gasteiger charge is 2.12. The maximum atomic E-state index is 12.4. The summed E-state index contributed by atoms with van der Waals surface area (Å²) in [5, 5.41) is 15.4. The van der Waals surface area contributed by atoms with Crippen LogP contribution < -0.4 is 20.1 Å². The van der Waals surface area contributed by atoms with Crippen LogP contribution in [0.15, 0.2) is 60.8 Å². The van der Waals surface area contributed by atoms with Crippen molar-refractivity contribution < 1.29 is 14.3 Å². The molecular weight excluding hydrogens is 392 g/mol. The maximum Gasteiger partial charge on any atom is 0.243 e. The molecule has 2 aromatic carbocycles. The van der Waals surface area contributed by atoms with E-state index in [-0.39, 0.29) is 18.3 Å². The van der Waals surface area contributed by atoms with Crippen LogP contribution >= 0.6 is 11.6 Å². The molecule has 1 heterocycles. The van der Waals surface area contributed by atoms with E-state index in [1.54, 1.807) is 54.6 Å². The number of amides is 1. The highest BCUT2D eigenvalue weighted by molar-refractivity contribution is 6.31. The number of pyridine rings is 1. The monoisotopic (exact) mass is 408 g/mol. The van der Waals surface area contributed by atoms with E-state index >= 15 is 0 Å². The second-order valence-corrected chi connectivity index (χ2v) is 6.25. The minimum atomic E-state index is -0.295. The Labute approximate surface area is 172 Å². The Morgan fingerprint density at radius 3 is 2.76 bits per heavy atom. The number of rotatable bonds is 7. The third-order valence-corrected chi connectivity index (χ3v) is 4.10. The minimum absolute atomic E-state index is 0.0244. The number of para-hydroxylation sites is 2. The molecule has 1 aromatic heterocycles. The molecule has 2 N–H and O–H groups in total. The van der Waals surface area contributed by atoms with Gasteiger partial charge in [0, 0.05) is 11.2 Å². The fourth-order valence-electron chi connectivity index (χ4n) is 2.51. The van der Waals surface area contributed by atoms with Crippen LogP contribution in [0.4, 0.5) is 11.4 Å². The fraction of sp³-hybridized carbons (Fsp3) is 0.0952. The summed E-state index contributed by atoms with van der Waals surface area (Å²) in [5.74, 6) is 0.842. The van der Waals surface area contributed by atoms with Gasteiger partial charge in [0.1, 0.15) is 17.4 Å². The van der Waals surface area contributed by atoms with E-state index in [2.05, 4.69) is 15.6 Å². The first-order chi connectivity index (χ1) is 14.1. The third-order valence-electron chi connectivity index (χ3n) is 3.86. The molecule has 0 saturated carbocycles. The molecule has 0 aliphatic carbocycles. The predicted octanol–water partition coefficient (Wildman–Crippen LogP) is 4.46. The second-order valence-electron chi connectivity index (χ2n) is 5.81. The van der Waals surface area contributed by atoms with Crippen molar-refractivity contribution in [2.45, 2.75) is 0 Å². The van der Waals surface area contributed by atoms with Crippen molar-refractivity contribution in [2.75, 3.05) is 24.3 Å². The Bertz CT molecular complexity index is 1070. The number of carbonyl (C=O) groups excluding carboxylic acids is 1. The number of carbonyl (C=O) groups is 1. The molecule has 8 heteroatoms. The van der Waals surface area contributed by atoms with Crippen LogP contribution in [0.25, 0.3) is 0 Å². The molecule has 0 aliphatic rings. The Kier molecular flexibility index (Phi) is 6.51. The number of anilines is 2. The molecule has 3 aromatic rings. The van der Waals surface area contributed by atoms with E-state index in [1.807, 2.05) is 6.07 Å². The first-order valence-electron chi connectivity index (χ1n) is 8.60. The molecule has 3 rings (SSSR count). The predicted molar refractivity (Wildman–Crippen MR) is 111 cm³/mol. The van der Waals surface area contributed by atoms with Gasteiger partial charge in [-0.15, -0.1) is 0 Å². The standard InChI is InChI=1S/C21H17ClN4O3/c1-28-18-9-8-15(22)11-17(18)26-20(27)13-25-16-6-2-3-7-19(16)29-21-14(12-23)5-4-10-24-21/h2-11,25H,13H2,1H3,(H,26,27). The lowest BCUT2D eigenvalue weighted by molar-refractivity contribution is -0.114. The SMILES string of the molecule is COc1ccc(Cl)cc1NC(=O)CNc1ccccc1Oc1ncccc1C#N. The van der Waals surface area contributed by atoms with Crippen molar-refractivity contribution in [3.63, 3.8) is 0 Å². The van der Waals surface area contributed by atoms with Gasteiger partial charge in [0.05, 0.1) is 25.0 Å². The highest BCUT2D eigenvalue weighted by atomic mass is 35.5. The molecule has 0 aliphatic heterocycles. The smallest absolute Gasteiger partial charge is 0.243 e. The van der Waals surface area contributed by atoms with Crippen molar-refractivity contribution in [3.8, 4) is 23.4 Å². The fourth-order valence-corrected chi connectivity index (χ4v) is 2.68. The Morgan fingerprint density at radius 2 is 1.97 bits per heavy atom. The summed E-state index contributed by atoms with van der Waals surface area (Å²) in [4.78, 5) is 16.5. The quantitative estimate of drug-likeness (QED) is 0.599. The summed E-state index contributed by atoms with van der Waals surface area (Å²) >= 11 is 5.98. The number of halogens is 1. The first-order valence-corrected chi connectivity index (χ1v) is 8.97. The van der Waals surface area contributed by atoms with Gasteiger partial charge < -0.3 is 20.1 Å². The third kappa shape index (κ3) is 5.15. The zero-order chi connectivity index (χ0) is 20.6. The highest BCUT2D eigenvalue weighted by Crippen LogP contribution is 2.30. The molecular formula is C21H17ClN4O3. The number of nitriles is 1. The van der Waals surface area contributed by atoms with Crippen LogP contribution in [0.3, 0.4) is 0 Å². The van der Waals surface area contributed by atoms with Crippen molar-refractivity contribution >= 4 is 28.9 Å². The van der Waals surface area contributed by atoms with E-state index in [0.717, 1.165) is 0 Å². The number of hydrogen-bond acceptors (Lipinski definition) is 6. The summed E-state index contributed by atoms with van der Waals surface area (Å²) in [6.07, 6.45) is 1.54. The summed E-state index contributed by atoms with van der Waals surface area (Å²) in [7, 11) is 1.51. The average Bonchev–Trinajstić information content (AvgIpc) is 2.74. The van der Waals surface area contributed by atoms with Gasteiger partial charge in [-0.25, -0.2) is 4.98 Å². The van der Waals surface area contributed by atoms with Gasteiger partial charge in [-0.05, 0) is 42.5 Å². The zero-order valence-corrected chi connectivity index (χ0v) is 16.2. The maximum absolute atomic E-state index is 12.4. The number of benzene rings is 2. The molecule has 0 fully saturated rings. The zero-order valence-electron chi connectivity index (χ0n) is 15.5. The van der Waals surface area contributed by atoms with Gasteiger partial charge >= 0.3 is 0 Å². The van der Waals surface area contributed by atoms with Crippen LogP contribution in [0.1, 0.15) is 5.56 Å². The largest absolute Gasteiger partial charge is 0.495 e. The van der Waals surface area contributed by atoms with Gasteiger partial charge in [0.15, 0.2) is 5.75 Å². The van der Waals surface area contributed by atoms with E-state index in [0.29, 0.717) is 33.5 Å². The van der Waals surface area contributed by atoms with Gasteiger partial charge in [0.25, 0.3) is 0 Å². The Balaban J connectivity index is 1.69. The van der Waals surface area contributed by atoms with Gasteiger partial charge in [-0.2, -0.15) is 5.26 Å². The molecule has 0 bridgehead atoms. The van der Waals surface area contributed by atoms with Crippen LogP contribution in [0, 0.1) is 11.3 Å². The van der Waals surface area contributed by atoms with Crippen LogP contribution in [-0.2, 0) is 4.79 Å². The lowest BCUT2D eigenvalue weighted by Crippen LogP contribution is -2.22. The molecule has 0 atom stereocenters. The van der Waals surface area contributed by atoms with Crippen molar-refractivity contribution in [1.29, 1.82) is 5.26 Å². The van der Waals surface area contributed by atoms with E-state index in [1.165, 1.54) is 13.3 Å². The number of nitrogens with zero attached hydrogens (tertiary/aromatic N) is 2. The molecule has 1 amide bonds. The molecule has 29 heavy (non-hydrogen) atoms. The Hall–Kier alpha value is -3.76. The Morgan fingerprint density at radius 1 is 1.14 bits per heavy atom. The van der Waals surface area contributed by atoms with Crippen molar-refractivity contribution in [3.05, 3.63) is 71.4 Å². The molecule has 0 saturated heterocycles. The topological polar surface area (TPSA) is 96.3 Å². The lowest BCUT2D eigenvalue weighted by Gasteiger charge is -2.14. The van der Waals surface area contributed by atoms with Gasteiger partial charge in [-0.1, -0.05) is 23.7 Å². The van der Waals surface area contributed by atoms with E-state index < -0.39 is 0 Å². The van der Waals surface area contributed by atoms with Gasteiger partial charge in [0.2, 0.25) is 11.8 Å². The van der Waals surface area contributed by atoms with E-state index in [9.17, 15) is 10.1 Å². The van der Waals surface area contributed by atoms with Crippen molar-refractivity contribution in [2.24, 2.45) is 0 Å². The second kappa shape index (κ2) is 9.44. The molecule has 0 spiro atoms. The number of hydrogen-bond donors (Lipinski definition) is 2. The molecule has 0 unspecified atom stereocenters. The first kappa shape index (κ1) is 20.0. The molecule has 146 valence electrons. The summed E-state index contributed by atoms with van der Waals surface area (Å²) < 4.78 is 11.0. The summed E-state index contributed by atoms with van der Waals surface area (Å²) in [5.41, 5.74) is 1.37.